The SMILES string of the molecule is CC(=O)N/N=C1/C=CC(c2cccc(F)c2C)=CC(C)C1C. The first-order valence-electron chi connectivity index (χ1n) is 7.39. The van der Waals surface area contributed by atoms with E-state index in [1.807, 2.05) is 18.2 Å². The van der Waals surface area contributed by atoms with Gasteiger partial charge < -0.3 is 0 Å². The zero-order valence-corrected chi connectivity index (χ0v) is 13.4. The molecule has 2 unspecified atom stereocenters. The molecular formula is C18H21FN2O. The average molecular weight is 300 g/mol. The molecule has 0 saturated heterocycles. The molecule has 1 aliphatic rings. The number of hydrogen-bond donors (Lipinski definition) is 1. The van der Waals surface area contributed by atoms with E-state index < -0.39 is 0 Å². The van der Waals surface area contributed by atoms with E-state index in [0.717, 1.165) is 16.8 Å². The normalized spacial score (nSPS) is 23.1. The number of hydrazone groups is 1. The summed E-state index contributed by atoms with van der Waals surface area (Å²) in [6, 6.07) is 5.11. The van der Waals surface area contributed by atoms with Crippen molar-refractivity contribution in [1.82, 2.24) is 5.43 Å². The van der Waals surface area contributed by atoms with Crippen LogP contribution in [0.1, 0.15) is 31.9 Å². The van der Waals surface area contributed by atoms with Crippen LogP contribution >= 0.6 is 0 Å². The number of amides is 1. The Morgan fingerprint density at radius 2 is 2.00 bits per heavy atom. The highest BCUT2D eigenvalue weighted by molar-refractivity contribution is 6.00. The summed E-state index contributed by atoms with van der Waals surface area (Å²) in [6.07, 6.45) is 5.95. The van der Waals surface area contributed by atoms with Gasteiger partial charge in [-0.15, -0.1) is 0 Å². The third kappa shape index (κ3) is 3.50. The zero-order chi connectivity index (χ0) is 16.3. The van der Waals surface area contributed by atoms with Crippen molar-refractivity contribution in [2.75, 3.05) is 0 Å². The predicted molar refractivity (Wildman–Crippen MR) is 87.8 cm³/mol. The van der Waals surface area contributed by atoms with Crippen LogP contribution in [0.2, 0.25) is 0 Å². The second-order valence-electron chi connectivity index (χ2n) is 5.72. The van der Waals surface area contributed by atoms with Crippen LogP contribution in [0.5, 0.6) is 0 Å². The summed E-state index contributed by atoms with van der Waals surface area (Å²) in [4.78, 5) is 11.0. The second-order valence-corrected chi connectivity index (χ2v) is 5.72. The molecule has 116 valence electrons. The number of hydrogen-bond acceptors (Lipinski definition) is 2. The van der Waals surface area contributed by atoms with Crippen molar-refractivity contribution in [3.8, 4) is 0 Å². The lowest BCUT2D eigenvalue weighted by molar-refractivity contribution is -0.118. The maximum atomic E-state index is 13.8. The number of halogens is 1. The van der Waals surface area contributed by atoms with E-state index in [2.05, 4.69) is 30.5 Å². The highest BCUT2D eigenvalue weighted by Gasteiger charge is 2.19. The number of benzene rings is 1. The van der Waals surface area contributed by atoms with E-state index in [1.54, 1.807) is 13.0 Å². The molecule has 0 aliphatic heterocycles. The molecular weight excluding hydrogens is 279 g/mol. The van der Waals surface area contributed by atoms with Gasteiger partial charge in [0.1, 0.15) is 5.82 Å². The average Bonchev–Trinajstić information content (AvgIpc) is 2.60. The molecule has 1 aliphatic carbocycles. The minimum atomic E-state index is -0.205. The molecule has 2 atom stereocenters. The van der Waals surface area contributed by atoms with Crippen LogP contribution in [-0.2, 0) is 4.79 Å². The highest BCUT2D eigenvalue weighted by Crippen LogP contribution is 2.29. The zero-order valence-electron chi connectivity index (χ0n) is 13.4. The number of allylic oxidation sites excluding steroid dienone is 4. The van der Waals surface area contributed by atoms with Gasteiger partial charge in [-0.25, -0.2) is 9.82 Å². The van der Waals surface area contributed by atoms with E-state index in [0.29, 0.717) is 5.56 Å². The topological polar surface area (TPSA) is 41.5 Å². The van der Waals surface area contributed by atoms with Crippen molar-refractivity contribution in [2.45, 2.75) is 27.7 Å². The molecule has 3 nitrogen and oxygen atoms in total. The van der Waals surface area contributed by atoms with Gasteiger partial charge in [-0.1, -0.05) is 38.1 Å². The lowest BCUT2D eigenvalue weighted by Crippen LogP contribution is -2.21. The van der Waals surface area contributed by atoms with Gasteiger partial charge in [0.05, 0.1) is 5.71 Å². The summed E-state index contributed by atoms with van der Waals surface area (Å²) in [5.41, 5.74) is 5.79. The van der Waals surface area contributed by atoms with Gasteiger partial charge >= 0.3 is 0 Å². The van der Waals surface area contributed by atoms with Crippen LogP contribution in [0.4, 0.5) is 4.39 Å². The monoisotopic (exact) mass is 300 g/mol. The van der Waals surface area contributed by atoms with Gasteiger partial charge in [-0.3, -0.25) is 4.79 Å². The minimum Gasteiger partial charge on any atom is -0.274 e. The Balaban J connectivity index is 2.40. The number of rotatable bonds is 2. The van der Waals surface area contributed by atoms with Gasteiger partial charge in [-0.2, -0.15) is 5.10 Å². The first-order valence-corrected chi connectivity index (χ1v) is 7.39. The van der Waals surface area contributed by atoms with Crippen molar-refractivity contribution in [3.05, 3.63) is 53.4 Å². The molecule has 0 aromatic heterocycles. The van der Waals surface area contributed by atoms with Gasteiger partial charge in [0.25, 0.3) is 0 Å². The van der Waals surface area contributed by atoms with Crippen LogP contribution in [0.25, 0.3) is 5.57 Å². The molecule has 1 N–H and O–H groups in total. The quantitative estimate of drug-likeness (QED) is 0.828. The van der Waals surface area contributed by atoms with E-state index in [4.69, 9.17) is 0 Å². The Morgan fingerprint density at radius 1 is 1.27 bits per heavy atom. The number of nitrogens with one attached hydrogen (secondary N) is 1. The number of carbonyl (C=O) groups is 1. The van der Waals surface area contributed by atoms with Crippen LogP contribution in [0.3, 0.4) is 0 Å². The van der Waals surface area contributed by atoms with Crippen LogP contribution in [0, 0.1) is 24.6 Å². The Kier molecular flexibility index (Phi) is 4.91. The summed E-state index contributed by atoms with van der Waals surface area (Å²) in [7, 11) is 0. The standard InChI is InChI=1S/C18H21FN2O/c1-11-10-15(16-6-5-7-17(19)13(16)3)8-9-18(12(11)2)21-20-14(4)22/h5-12H,1-4H3,(H,20,22)/b21-18-. The molecule has 1 aromatic rings. The Labute approximate surface area is 130 Å². The van der Waals surface area contributed by atoms with E-state index in [1.165, 1.54) is 13.0 Å². The fourth-order valence-electron chi connectivity index (χ4n) is 2.46. The van der Waals surface area contributed by atoms with Gasteiger partial charge in [0.2, 0.25) is 5.91 Å². The molecule has 0 radical (unpaired) electrons. The van der Waals surface area contributed by atoms with Crippen LogP contribution in [-0.4, -0.2) is 11.6 Å². The van der Waals surface area contributed by atoms with Crippen LogP contribution < -0.4 is 5.43 Å². The van der Waals surface area contributed by atoms with Crippen LogP contribution in [0.15, 0.2) is 41.5 Å². The molecule has 4 heteroatoms. The fraction of sp³-hybridized carbons (Fsp3) is 0.333. The van der Waals surface area contributed by atoms with E-state index in [9.17, 15) is 9.18 Å². The summed E-state index contributed by atoms with van der Waals surface area (Å²) in [5, 5.41) is 4.17. The molecule has 1 amide bonds. The number of nitrogens with zero attached hydrogens (tertiary/aromatic N) is 1. The first kappa shape index (κ1) is 16.1. The smallest absolute Gasteiger partial charge is 0.236 e. The third-order valence-electron chi connectivity index (χ3n) is 4.05. The maximum Gasteiger partial charge on any atom is 0.236 e. The number of carbonyl (C=O) groups excluding carboxylic acids is 1. The van der Waals surface area contributed by atoms with Gasteiger partial charge in [-0.05, 0) is 41.7 Å². The summed E-state index contributed by atoms with van der Waals surface area (Å²) in [5.74, 6) is -0.0160. The van der Waals surface area contributed by atoms with Crippen molar-refractivity contribution < 1.29 is 9.18 Å². The Hall–Kier alpha value is -2.23. The molecule has 2 rings (SSSR count). The molecule has 0 bridgehead atoms. The maximum absolute atomic E-state index is 13.8. The second kappa shape index (κ2) is 6.69. The largest absolute Gasteiger partial charge is 0.274 e. The van der Waals surface area contributed by atoms with Crippen molar-refractivity contribution in [2.24, 2.45) is 16.9 Å². The summed E-state index contributed by atoms with van der Waals surface area (Å²) in [6.45, 7) is 7.37. The molecule has 1 aromatic carbocycles. The third-order valence-corrected chi connectivity index (χ3v) is 4.05. The minimum absolute atomic E-state index is 0.162. The predicted octanol–water partition coefficient (Wildman–Crippen LogP) is 3.85. The highest BCUT2D eigenvalue weighted by atomic mass is 19.1. The molecule has 22 heavy (non-hydrogen) atoms. The van der Waals surface area contributed by atoms with Crippen molar-refractivity contribution in [1.29, 1.82) is 0 Å². The molecule has 0 spiro atoms. The molecule has 0 heterocycles. The van der Waals surface area contributed by atoms with E-state index >= 15 is 0 Å². The Morgan fingerprint density at radius 3 is 2.68 bits per heavy atom. The summed E-state index contributed by atoms with van der Waals surface area (Å²) >= 11 is 0. The summed E-state index contributed by atoms with van der Waals surface area (Å²) < 4.78 is 13.8. The lowest BCUT2D eigenvalue weighted by atomic mass is 9.90. The Bertz CT molecular complexity index is 674. The van der Waals surface area contributed by atoms with Crippen molar-refractivity contribution >= 4 is 17.2 Å². The lowest BCUT2D eigenvalue weighted by Gasteiger charge is -2.16. The molecule has 0 fully saturated rings. The van der Waals surface area contributed by atoms with E-state index in [-0.39, 0.29) is 23.6 Å². The fourth-order valence-corrected chi connectivity index (χ4v) is 2.46. The molecule has 0 saturated carbocycles. The van der Waals surface area contributed by atoms with Crippen molar-refractivity contribution in [3.63, 3.8) is 0 Å². The van der Waals surface area contributed by atoms with Gasteiger partial charge in [0, 0.05) is 12.8 Å². The van der Waals surface area contributed by atoms with Gasteiger partial charge in [0.15, 0.2) is 0 Å². The first-order chi connectivity index (χ1) is 10.4.